The van der Waals surface area contributed by atoms with Gasteiger partial charge < -0.3 is 23.7 Å². The molecule has 0 saturated carbocycles. The van der Waals surface area contributed by atoms with E-state index in [1.54, 1.807) is 0 Å². The van der Waals surface area contributed by atoms with E-state index in [1.807, 2.05) is 0 Å². The van der Waals surface area contributed by atoms with Gasteiger partial charge >= 0.3 is 17.9 Å². The van der Waals surface area contributed by atoms with Crippen molar-refractivity contribution in [3.8, 4) is 0 Å². The molecule has 1 N–H and O–H groups in total. The van der Waals surface area contributed by atoms with Crippen molar-refractivity contribution in [2.45, 2.75) is 55.2 Å². The summed E-state index contributed by atoms with van der Waals surface area (Å²) in [6.07, 6.45) is -5.60. The zero-order chi connectivity index (χ0) is 22.4. The van der Waals surface area contributed by atoms with E-state index in [2.05, 4.69) is 10.0 Å². The van der Waals surface area contributed by atoms with E-state index < -0.39 is 64.8 Å². The Hall–Kier alpha value is -1.98. The van der Waals surface area contributed by atoms with Gasteiger partial charge in [0.05, 0.1) is 0 Å². The SMILES string of the molecule is CC(=O)OCC1OC(OC(=N)C(Cl)(Cl)Cl)C(N=[N+]=[N-])[C@@H](OC(C)=O)[C@H]1OC(C)=O. The standard InChI is InChI=1S/C14H17Cl3N4O8/c1-5(22)25-4-8-10(26-6(2)23)11(27-7(3)24)9(20-21-19)12(28-8)29-13(18)14(15,16)17/h8-12,18H,4H2,1-3H3/t8?,9?,10-,11+,12?/m0/s1. The van der Waals surface area contributed by atoms with Gasteiger partial charge in [0, 0.05) is 25.7 Å². The molecule has 1 fully saturated rings. The van der Waals surface area contributed by atoms with Gasteiger partial charge in [-0.05, 0) is 5.53 Å². The molecule has 0 amide bonds. The van der Waals surface area contributed by atoms with Crippen LogP contribution in [0.4, 0.5) is 0 Å². The molecule has 0 aromatic heterocycles. The van der Waals surface area contributed by atoms with Crippen LogP contribution in [0.5, 0.6) is 0 Å². The number of azide groups is 1. The van der Waals surface area contributed by atoms with Gasteiger partial charge in [0.25, 0.3) is 3.79 Å². The van der Waals surface area contributed by atoms with Crippen LogP contribution in [-0.4, -0.2) is 64.8 Å². The summed E-state index contributed by atoms with van der Waals surface area (Å²) < 4.78 is 23.6. The number of hydrogen-bond acceptors (Lipinski definition) is 10. The van der Waals surface area contributed by atoms with Crippen LogP contribution in [0.3, 0.4) is 0 Å². The maximum Gasteiger partial charge on any atom is 0.303 e. The highest BCUT2D eigenvalue weighted by Crippen LogP contribution is 2.33. The third-order valence-corrected chi connectivity index (χ3v) is 3.86. The Bertz CT molecular complexity index is 709. The first-order valence-electron chi connectivity index (χ1n) is 7.86. The van der Waals surface area contributed by atoms with Crippen molar-refractivity contribution in [1.29, 1.82) is 5.41 Å². The number of hydrogen-bond donors (Lipinski definition) is 1. The van der Waals surface area contributed by atoms with Gasteiger partial charge in [-0.3, -0.25) is 19.8 Å². The molecule has 1 aliphatic heterocycles. The molecule has 29 heavy (non-hydrogen) atoms. The number of nitrogens with zero attached hydrogens (tertiary/aromatic N) is 3. The van der Waals surface area contributed by atoms with Crippen molar-refractivity contribution in [2.75, 3.05) is 6.61 Å². The minimum Gasteiger partial charge on any atom is -0.463 e. The van der Waals surface area contributed by atoms with Crippen LogP contribution >= 0.6 is 34.8 Å². The Morgan fingerprint density at radius 1 is 1.07 bits per heavy atom. The summed E-state index contributed by atoms with van der Waals surface area (Å²) in [5.74, 6) is -3.16. The first-order valence-corrected chi connectivity index (χ1v) is 9.00. The molecule has 1 saturated heterocycles. The number of rotatable bonds is 6. The Morgan fingerprint density at radius 2 is 1.62 bits per heavy atom. The predicted octanol–water partition coefficient (Wildman–Crippen LogP) is 2.18. The fourth-order valence-electron chi connectivity index (χ4n) is 2.35. The van der Waals surface area contributed by atoms with Crippen LogP contribution in [-0.2, 0) is 38.1 Å². The fraction of sp³-hybridized carbons (Fsp3) is 0.714. The summed E-state index contributed by atoms with van der Waals surface area (Å²) in [6.45, 7) is 2.82. The molecule has 0 spiro atoms. The highest BCUT2D eigenvalue weighted by atomic mass is 35.6. The summed E-state index contributed by atoms with van der Waals surface area (Å²) in [7, 11) is 0. The Labute approximate surface area is 179 Å². The third-order valence-electron chi connectivity index (χ3n) is 3.35. The van der Waals surface area contributed by atoms with Crippen molar-refractivity contribution in [2.24, 2.45) is 5.11 Å². The predicted molar refractivity (Wildman–Crippen MR) is 98.4 cm³/mol. The number of alkyl halides is 3. The number of esters is 3. The van der Waals surface area contributed by atoms with E-state index >= 15 is 0 Å². The molecule has 1 rings (SSSR count). The number of halogens is 3. The molecule has 0 bridgehead atoms. The van der Waals surface area contributed by atoms with E-state index in [-0.39, 0.29) is 0 Å². The van der Waals surface area contributed by atoms with Gasteiger partial charge in [0.2, 0.25) is 12.2 Å². The zero-order valence-corrected chi connectivity index (χ0v) is 17.6. The van der Waals surface area contributed by atoms with Crippen molar-refractivity contribution in [3.63, 3.8) is 0 Å². The van der Waals surface area contributed by atoms with Crippen LogP contribution in [0.1, 0.15) is 20.8 Å². The van der Waals surface area contributed by atoms with Crippen LogP contribution in [0.25, 0.3) is 10.4 Å². The van der Waals surface area contributed by atoms with E-state index in [4.69, 9.17) is 69.4 Å². The van der Waals surface area contributed by atoms with Gasteiger partial charge in [-0.2, -0.15) is 0 Å². The first kappa shape index (κ1) is 25.1. The minimum absolute atomic E-state index is 0.449. The molecule has 0 aromatic carbocycles. The summed E-state index contributed by atoms with van der Waals surface area (Å²) in [5.41, 5.74) is 8.89. The topological polar surface area (TPSA) is 170 Å². The average molecular weight is 476 g/mol. The van der Waals surface area contributed by atoms with E-state index in [0.717, 1.165) is 20.8 Å². The van der Waals surface area contributed by atoms with E-state index in [1.165, 1.54) is 0 Å². The number of ether oxygens (including phenoxy) is 5. The molecule has 12 nitrogen and oxygen atoms in total. The van der Waals surface area contributed by atoms with Crippen molar-refractivity contribution in [1.82, 2.24) is 0 Å². The van der Waals surface area contributed by atoms with E-state index in [9.17, 15) is 14.4 Å². The second-order valence-corrected chi connectivity index (χ2v) is 7.92. The highest BCUT2D eigenvalue weighted by molar-refractivity contribution is 6.76. The van der Waals surface area contributed by atoms with Crippen LogP contribution < -0.4 is 0 Å². The lowest BCUT2D eigenvalue weighted by Gasteiger charge is -2.43. The largest absolute Gasteiger partial charge is 0.463 e. The van der Waals surface area contributed by atoms with Gasteiger partial charge in [0.15, 0.2) is 12.2 Å². The second-order valence-electron chi connectivity index (χ2n) is 5.63. The van der Waals surface area contributed by atoms with Gasteiger partial charge in [0.1, 0.15) is 18.8 Å². The second kappa shape index (κ2) is 10.7. The van der Waals surface area contributed by atoms with E-state index in [0.29, 0.717) is 0 Å². The molecule has 0 radical (unpaired) electrons. The maximum absolute atomic E-state index is 11.6. The molecular weight excluding hydrogens is 459 g/mol. The summed E-state index contributed by atoms with van der Waals surface area (Å²) >= 11 is 16.7. The normalized spacial score (nSPS) is 26.5. The summed E-state index contributed by atoms with van der Waals surface area (Å²) in [4.78, 5) is 36.9. The molecule has 0 aliphatic carbocycles. The molecule has 0 aromatic rings. The Morgan fingerprint density at radius 3 is 2.07 bits per heavy atom. The minimum atomic E-state index is -2.28. The van der Waals surface area contributed by atoms with Crippen LogP contribution in [0.2, 0.25) is 0 Å². The lowest BCUT2D eigenvalue weighted by molar-refractivity contribution is -0.256. The number of carbonyl (C=O) groups excluding carboxylic acids is 3. The number of carbonyl (C=O) groups is 3. The number of nitrogens with one attached hydrogen (secondary N) is 1. The Kier molecular flexibility index (Phi) is 9.24. The van der Waals surface area contributed by atoms with Crippen molar-refractivity contribution >= 4 is 58.6 Å². The van der Waals surface area contributed by atoms with Gasteiger partial charge in [-0.1, -0.05) is 39.9 Å². The molecule has 5 atom stereocenters. The highest BCUT2D eigenvalue weighted by Gasteiger charge is 2.52. The molecular formula is C14H17Cl3N4O8. The zero-order valence-electron chi connectivity index (χ0n) is 15.3. The summed E-state index contributed by atoms with van der Waals surface area (Å²) in [5, 5.41) is 11.1. The van der Waals surface area contributed by atoms with Crippen molar-refractivity contribution in [3.05, 3.63) is 10.4 Å². The quantitative estimate of drug-likeness (QED) is 0.0890. The summed E-state index contributed by atoms with van der Waals surface area (Å²) in [6, 6.07) is -1.45. The van der Waals surface area contributed by atoms with Crippen LogP contribution in [0, 0.1) is 5.41 Å². The lowest BCUT2D eigenvalue weighted by atomic mass is 9.97. The van der Waals surface area contributed by atoms with Gasteiger partial charge in [-0.25, -0.2) is 0 Å². The molecule has 1 heterocycles. The molecule has 15 heteroatoms. The third kappa shape index (κ3) is 7.75. The van der Waals surface area contributed by atoms with Gasteiger partial charge in [-0.15, -0.1) is 0 Å². The van der Waals surface area contributed by atoms with Crippen LogP contribution in [0.15, 0.2) is 5.11 Å². The average Bonchev–Trinajstić information content (AvgIpc) is 2.56. The first-order chi connectivity index (χ1) is 13.4. The fourth-order valence-corrected chi connectivity index (χ4v) is 2.48. The molecule has 3 unspecified atom stereocenters. The lowest BCUT2D eigenvalue weighted by Crippen LogP contribution is -2.61. The molecule has 1 aliphatic rings. The smallest absolute Gasteiger partial charge is 0.303 e. The Balaban J connectivity index is 3.35. The van der Waals surface area contributed by atoms with Crippen molar-refractivity contribution < 1.29 is 38.1 Å². The monoisotopic (exact) mass is 474 g/mol. The molecule has 162 valence electrons. The maximum atomic E-state index is 11.6.